The molecule has 3 saturated carbocycles. The molecule has 2 atom stereocenters. The molecule has 0 aromatic carbocycles. The molecule has 5 heterocycles. The SMILES string of the molecule is C[C@H]1C[C@H]1n1cccc(NC(=O)c2cn3cc(C45COC(C)(C4)C5)nc3nc2OC2CCC2)c1=O.O=C(O)C(F)(F)F. The van der Waals surface area contributed by atoms with Crippen molar-refractivity contribution in [2.45, 2.75) is 81.7 Å². The number of pyridine rings is 1. The first-order chi connectivity index (χ1) is 19.8. The molecule has 0 unspecified atom stereocenters. The number of fused-ring (bicyclic) bond motifs is 2. The average molecular weight is 590 g/mol. The van der Waals surface area contributed by atoms with Gasteiger partial charge < -0.3 is 24.5 Å². The normalized spacial score (nSPS) is 27.8. The lowest BCUT2D eigenvalue weighted by atomic mass is 9.62. The van der Waals surface area contributed by atoms with Gasteiger partial charge in [-0.3, -0.25) is 14.0 Å². The minimum Gasteiger partial charge on any atom is -0.475 e. The second kappa shape index (κ2) is 9.82. The maximum Gasteiger partial charge on any atom is 0.490 e. The highest BCUT2D eigenvalue weighted by molar-refractivity contribution is 6.05. The highest BCUT2D eigenvalue weighted by atomic mass is 19.4. The number of nitrogens with one attached hydrogen (secondary N) is 1. The summed E-state index contributed by atoms with van der Waals surface area (Å²) in [6, 6.07) is 3.64. The molecule has 3 aromatic rings. The van der Waals surface area contributed by atoms with Gasteiger partial charge in [0.15, 0.2) is 0 Å². The summed E-state index contributed by atoms with van der Waals surface area (Å²) < 4.78 is 47.3. The average Bonchev–Trinajstić information content (AvgIpc) is 3.19. The number of hydrogen-bond donors (Lipinski definition) is 2. The van der Waals surface area contributed by atoms with Crippen molar-refractivity contribution in [3.63, 3.8) is 0 Å². The number of rotatable bonds is 6. The molecule has 0 radical (unpaired) electrons. The zero-order valence-electron chi connectivity index (χ0n) is 23.0. The number of aromatic nitrogens is 4. The second-order valence-electron chi connectivity index (χ2n) is 12.0. The summed E-state index contributed by atoms with van der Waals surface area (Å²) in [5.74, 6) is -1.93. The molecule has 2 aliphatic heterocycles. The van der Waals surface area contributed by atoms with Gasteiger partial charge in [-0.1, -0.05) is 6.92 Å². The molecule has 224 valence electrons. The first-order valence-electron chi connectivity index (χ1n) is 13.8. The molecular weight excluding hydrogens is 559 g/mol. The molecule has 5 fully saturated rings. The van der Waals surface area contributed by atoms with Gasteiger partial charge in [-0.25, -0.2) is 9.78 Å². The number of carbonyl (C=O) groups is 2. The van der Waals surface area contributed by atoms with Crippen molar-refractivity contribution in [1.82, 2.24) is 18.9 Å². The molecule has 1 amide bonds. The molecule has 3 aromatic heterocycles. The van der Waals surface area contributed by atoms with Crippen molar-refractivity contribution in [1.29, 1.82) is 0 Å². The van der Waals surface area contributed by atoms with E-state index in [1.54, 1.807) is 33.5 Å². The third kappa shape index (κ3) is 5.12. The van der Waals surface area contributed by atoms with Crippen molar-refractivity contribution >= 4 is 23.3 Å². The number of alkyl halides is 3. The minimum absolute atomic E-state index is 0.0467. The molecule has 2 saturated heterocycles. The fourth-order valence-corrected chi connectivity index (χ4v) is 5.95. The van der Waals surface area contributed by atoms with Crippen LogP contribution >= 0.6 is 0 Å². The van der Waals surface area contributed by atoms with E-state index in [0.717, 1.165) is 44.2 Å². The van der Waals surface area contributed by atoms with Crippen molar-refractivity contribution in [3.05, 3.63) is 52.3 Å². The molecule has 14 heteroatoms. The van der Waals surface area contributed by atoms with Crippen LogP contribution in [0.4, 0.5) is 18.9 Å². The second-order valence-corrected chi connectivity index (χ2v) is 12.0. The van der Waals surface area contributed by atoms with Gasteiger partial charge in [-0.05, 0) is 63.5 Å². The number of hydrogen-bond acceptors (Lipinski definition) is 7. The van der Waals surface area contributed by atoms with E-state index < -0.39 is 18.1 Å². The van der Waals surface area contributed by atoms with E-state index in [1.807, 2.05) is 6.20 Å². The molecular formula is C28H30F3N5O6. The smallest absolute Gasteiger partial charge is 0.475 e. The van der Waals surface area contributed by atoms with Crippen LogP contribution in [-0.4, -0.2) is 60.4 Å². The summed E-state index contributed by atoms with van der Waals surface area (Å²) in [4.78, 5) is 44.8. The maximum absolute atomic E-state index is 13.4. The summed E-state index contributed by atoms with van der Waals surface area (Å²) in [6.07, 6.45) is 6.27. The fraction of sp³-hybridized carbons (Fsp3) is 0.536. The highest BCUT2D eigenvalue weighted by Gasteiger charge is 2.61. The van der Waals surface area contributed by atoms with E-state index in [4.69, 9.17) is 24.4 Å². The molecule has 2 N–H and O–H groups in total. The van der Waals surface area contributed by atoms with E-state index in [2.05, 4.69) is 24.1 Å². The summed E-state index contributed by atoms with van der Waals surface area (Å²) in [5.41, 5.74) is 1.18. The Labute approximate surface area is 237 Å². The van der Waals surface area contributed by atoms with Gasteiger partial charge in [0.25, 0.3) is 11.5 Å². The fourth-order valence-electron chi connectivity index (χ4n) is 5.95. The Morgan fingerprint density at radius 3 is 2.45 bits per heavy atom. The predicted octanol–water partition coefficient (Wildman–Crippen LogP) is 4.11. The van der Waals surface area contributed by atoms with Gasteiger partial charge in [0.05, 0.1) is 17.9 Å². The number of carboxylic acid groups (broad SMARTS) is 1. The summed E-state index contributed by atoms with van der Waals surface area (Å²) in [7, 11) is 0. The van der Waals surface area contributed by atoms with Crippen LogP contribution < -0.4 is 15.6 Å². The number of halogens is 3. The largest absolute Gasteiger partial charge is 0.490 e. The number of amides is 1. The lowest BCUT2D eigenvalue weighted by Gasteiger charge is -2.41. The Morgan fingerprint density at radius 2 is 1.90 bits per heavy atom. The Balaban J connectivity index is 0.000000405. The maximum atomic E-state index is 13.4. The lowest BCUT2D eigenvalue weighted by molar-refractivity contribution is -0.192. The van der Waals surface area contributed by atoms with Gasteiger partial charge in [-0.2, -0.15) is 18.2 Å². The van der Waals surface area contributed by atoms with Crippen LogP contribution in [-0.2, 0) is 14.9 Å². The van der Waals surface area contributed by atoms with Gasteiger partial charge in [0.1, 0.15) is 17.4 Å². The first-order valence-corrected chi connectivity index (χ1v) is 13.8. The van der Waals surface area contributed by atoms with Crippen LogP contribution in [0.5, 0.6) is 5.88 Å². The van der Waals surface area contributed by atoms with Crippen LogP contribution in [0.25, 0.3) is 5.78 Å². The number of imidazole rings is 1. The summed E-state index contributed by atoms with van der Waals surface area (Å²) in [6.45, 7) is 4.92. The number of nitrogens with zero attached hydrogens (tertiary/aromatic N) is 4. The van der Waals surface area contributed by atoms with Crippen molar-refractivity contribution in [2.75, 3.05) is 11.9 Å². The Morgan fingerprint density at radius 1 is 1.21 bits per heavy atom. The van der Waals surface area contributed by atoms with Crippen LogP contribution in [0.15, 0.2) is 35.5 Å². The Hall–Kier alpha value is -3.94. The van der Waals surface area contributed by atoms with Crippen molar-refractivity contribution in [2.24, 2.45) is 5.92 Å². The van der Waals surface area contributed by atoms with Crippen LogP contribution in [0.1, 0.15) is 74.5 Å². The monoisotopic (exact) mass is 589 g/mol. The molecule has 8 rings (SSSR count). The summed E-state index contributed by atoms with van der Waals surface area (Å²) in [5, 5.41) is 9.94. The van der Waals surface area contributed by atoms with Gasteiger partial charge in [0, 0.05) is 30.0 Å². The van der Waals surface area contributed by atoms with Crippen LogP contribution in [0, 0.1) is 5.92 Å². The zero-order chi connectivity index (χ0) is 30.0. The topological polar surface area (TPSA) is 137 Å². The predicted molar refractivity (Wildman–Crippen MR) is 142 cm³/mol. The Bertz CT molecular complexity index is 1620. The zero-order valence-corrected chi connectivity index (χ0v) is 23.0. The first kappa shape index (κ1) is 28.2. The standard InChI is InChI=1S/C26H29N5O4.C2HF3O2/c1-15-9-19(15)31-8-4-7-18(23(31)33)27-21(32)17-10-30-11-20(26-12-25(2,13-26)34-14-26)28-24(30)29-22(17)35-16-5-3-6-16;3-2(4,5)1(6)7/h4,7-8,10-11,15-16,19H,3,5-6,9,12-14H2,1-2H3,(H,27,32);(H,6,7)/t15-,19+,25?,26?;/m0./s1. The number of aliphatic carboxylic acids is 1. The lowest BCUT2D eigenvalue weighted by Crippen LogP contribution is -2.45. The summed E-state index contributed by atoms with van der Waals surface area (Å²) >= 11 is 0. The third-order valence-corrected chi connectivity index (χ3v) is 8.54. The van der Waals surface area contributed by atoms with E-state index in [-0.39, 0.29) is 40.3 Å². The molecule has 2 bridgehead atoms. The molecule has 42 heavy (non-hydrogen) atoms. The quantitative estimate of drug-likeness (QED) is 0.439. The molecule has 5 aliphatic rings. The van der Waals surface area contributed by atoms with E-state index in [1.165, 1.54) is 0 Å². The van der Waals surface area contributed by atoms with Gasteiger partial charge in [-0.15, -0.1) is 0 Å². The van der Waals surface area contributed by atoms with E-state index in [0.29, 0.717) is 23.9 Å². The molecule has 11 nitrogen and oxygen atoms in total. The van der Waals surface area contributed by atoms with E-state index in [9.17, 15) is 22.8 Å². The van der Waals surface area contributed by atoms with Crippen molar-refractivity contribution < 1.29 is 37.3 Å². The van der Waals surface area contributed by atoms with Crippen molar-refractivity contribution in [3.8, 4) is 5.88 Å². The Kier molecular flexibility index (Phi) is 6.59. The third-order valence-electron chi connectivity index (χ3n) is 8.54. The number of ether oxygens (including phenoxy) is 2. The van der Waals surface area contributed by atoms with Crippen LogP contribution in [0.2, 0.25) is 0 Å². The number of carbonyl (C=O) groups excluding carboxylic acids is 1. The van der Waals surface area contributed by atoms with E-state index >= 15 is 0 Å². The number of carboxylic acids is 1. The highest BCUT2D eigenvalue weighted by Crippen LogP contribution is 2.58. The molecule has 3 aliphatic carbocycles. The molecule has 0 spiro atoms. The minimum atomic E-state index is -5.08. The number of anilines is 1. The van der Waals surface area contributed by atoms with Gasteiger partial charge >= 0.3 is 12.1 Å². The van der Waals surface area contributed by atoms with Crippen LogP contribution in [0.3, 0.4) is 0 Å². The van der Waals surface area contributed by atoms with Gasteiger partial charge in [0.2, 0.25) is 11.7 Å².